The number of sulfonamides is 1. The van der Waals surface area contributed by atoms with Crippen LogP contribution in [0.1, 0.15) is 0 Å². The van der Waals surface area contributed by atoms with E-state index in [1.54, 1.807) is 6.07 Å². The molecule has 5 nitrogen and oxygen atoms in total. The van der Waals surface area contributed by atoms with Crippen LogP contribution >= 0.6 is 11.6 Å². The SMILES string of the molecule is C=CCN(CCOC)S(=O)(=O)c1cc(N)ccc1Cl. The van der Waals surface area contributed by atoms with Gasteiger partial charge in [-0.25, -0.2) is 8.42 Å². The van der Waals surface area contributed by atoms with E-state index in [0.29, 0.717) is 5.69 Å². The second-order valence-corrected chi connectivity index (χ2v) is 6.15. The molecule has 0 saturated heterocycles. The summed E-state index contributed by atoms with van der Waals surface area (Å²) in [6, 6.07) is 4.36. The fourth-order valence-corrected chi connectivity index (χ4v) is 3.41. The van der Waals surface area contributed by atoms with Crippen LogP contribution in [0.3, 0.4) is 0 Å². The van der Waals surface area contributed by atoms with Gasteiger partial charge >= 0.3 is 0 Å². The second-order valence-electron chi connectivity index (χ2n) is 3.83. The van der Waals surface area contributed by atoms with Crippen LogP contribution in [0.2, 0.25) is 5.02 Å². The van der Waals surface area contributed by atoms with E-state index in [1.165, 1.54) is 29.6 Å². The van der Waals surface area contributed by atoms with E-state index in [0.717, 1.165) is 0 Å². The molecule has 0 bridgehead atoms. The van der Waals surface area contributed by atoms with Gasteiger partial charge in [-0.2, -0.15) is 4.31 Å². The Labute approximate surface area is 118 Å². The Kier molecular flexibility index (Phi) is 5.81. The number of benzene rings is 1. The number of nitrogens with zero attached hydrogens (tertiary/aromatic N) is 1. The third-order valence-corrected chi connectivity index (χ3v) is 4.80. The maximum absolute atomic E-state index is 12.5. The highest BCUT2D eigenvalue weighted by atomic mass is 35.5. The van der Waals surface area contributed by atoms with Gasteiger partial charge in [-0.1, -0.05) is 17.7 Å². The lowest BCUT2D eigenvalue weighted by atomic mass is 10.3. The van der Waals surface area contributed by atoms with Crippen LogP contribution in [0.5, 0.6) is 0 Å². The van der Waals surface area contributed by atoms with Crippen LogP contribution in [0.15, 0.2) is 35.7 Å². The Balaban J connectivity index is 3.18. The number of ether oxygens (including phenoxy) is 1. The average molecular weight is 305 g/mol. The predicted molar refractivity (Wildman–Crippen MR) is 76.7 cm³/mol. The molecular formula is C12H17ClN2O3S. The molecule has 0 amide bonds. The Morgan fingerprint density at radius 2 is 2.21 bits per heavy atom. The molecule has 0 fully saturated rings. The predicted octanol–water partition coefficient (Wildman–Crippen LogP) is 1.75. The fraction of sp³-hybridized carbons (Fsp3) is 0.333. The molecule has 0 unspecified atom stereocenters. The monoisotopic (exact) mass is 304 g/mol. The van der Waals surface area contributed by atoms with E-state index in [9.17, 15) is 8.42 Å². The highest BCUT2D eigenvalue weighted by Gasteiger charge is 2.25. The Hall–Kier alpha value is -1.08. The van der Waals surface area contributed by atoms with Gasteiger partial charge in [0.15, 0.2) is 0 Å². The molecule has 0 spiro atoms. The molecule has 19 heavy (non-hydrogen) atoms. The van der Waals surface area contributed by atoms with Gasteiger partial charge in [0.05, 0.1) is 11.6 Å². The van der Waals surface area contributed by atoms with E-state index in [-0.39, 0.29) is 29.6 Å². The van der Waals surface area contributed by atoms with Crippen molar-refractivity contribution in [2.24, 2.45) is 0 Å². The molecule has 1 aromatic rings. The molecule has 106 valence electrons. The minimum atomic E-state index is -3.72. The zero-order valence-corrected chi connectivity index (χ0v) is 12.2. The number of anilines is 1. The van der Waals surface area contributed by atoms with Crippen molar-refractivity contribution < 1.29 is 13.2 Å². The number of nitrogens with two attached hydrogens (primary N) is 1. The highest BCUT2D eigenvalue weighted by molar-refractivity contribution is 7.89. The molecule has 0 heterocycles. The topological polar surface area (TPSA) is 72.6 Å². The zero-order valence-electron chi connectivity index (χ0n) is 10.7. The number of hydrogen-bond acceptors (Lipinski definition) is 4. The van der Waals surface area contributed by atoms with E-state index < -0.39 is 10.0 Å². The van der Waals surface area contributed by atoms with Crippen molar-refractivity contribution in [2.45, 2.75) is 4.90 Å². The summed E-state index contributed by atoms with van der Waals surface area (Å²) in [6.07, 6.45) is 1.51. The number of hydrogen-bond donors (Lipinski definition) is 1. The first kappa shape index (κ1) is 16.0. The third-order valence-electron chi connectivity index (χ3n) is 2.45. The van der Waals surface area contributed by atoms with Crippen LogP contribution < -0.4 is 5.73 Å². The molecule has 1 aromatic carbocycles. The van der Waals surface area contributed by atoms with Crippen molar-refractivity contribution in [2.75, 3.05) is 32.5 Å². The van der Waals surface area contributed by atoms with Gasteiger partial charge in [-0.15, -0.1) is 6.58 Å². The van der Waals surface area contributed by atoms with Gasteiger partial charge in [0.25, 0.3) is 0 Å². The normalized spacial score (nSPS) is 11.7. The first-order valence-electron chi connectivity index (χ1n) is 5.58. The van der Waals surface area contributed by atoms with Crippen LogP contribution in [-0.4, -0.2) is 39.5 Å². The first-order chi connectivity index (χ1) is 8.93. The van der Waals surface area contributed by atoms with E-state index in [1.807, 2.05) is 0 Å². The number of methoxy groups -OCH3 is 1. The summed E-state index contributed by atoms with van der Waals surface area (Å²) in [7, 11) is -2.21. The number of halogens is 1. The molecule has 0 atom stereocenters. The standard InChI is InChI=1S/C12H17ClN2O3S/c1-3-6-15(7-8-18-2)19(16,17)12-9-10(14)4-5-11(12)13/h3-5,9H,1,6-8,14H2,2H3. The van der Waals surface area contributed by atoms with Crippen molar-refractivity contribution in [1.29, 1.82) is 0 Å². The Bertz CT molecular complexity index is 546. The Morgan fingerprint density at radius 3 is 2.79 bits per heavy atom. The fourth-order valence-electron chi connectivity index (χ4n) is 1.50. The summed E-state index contributed by atoms with van der Waals surface area (Å²) < 4.78 is 31.1. The largest absolute Gasteiger partial charge is 0.399 e. The van der Waals surface area contributed by atoms with Gasteiger partial charge < -0.3 is 10.5 Å². The maximum Gasteiger partial charge on any atom is 0.244 e. The van der Waals surface area contributed by atoms with Crippen LogP contribution in [-0.2, 0) is 14.8 Å². The molecule has 7 heteroatoms. The van der Waals surface area contributed by atoms with Crippen molar-refractivity contribution in [1.82, 2.24) is 4.31 Å². The average Bonchev–Trinajstić information content (AvgIpc) is 2.37. The maximum atomic E-state index is 12.5. The Morgan fingerprint density at radius 1 is 1.53 bits per heavy atom. The summed E-state index contributed by atoms with van der Waals surface area (Å²) >= 11 is 5.94. The molecule has 0 aliphatic carbocycles. The molecule has 0 radical (unpaired) electrons. The third kappa shape index (κ3) is 3.94. The van der Waals surface area contributed by atoms with Gasteiger partial charge in [0.1, 0.15) is 4.90 Å². The van der Waals surface area contributed by atoms with Crippen molar-refractivity contribution >= 4 is 27.3 Å². The smallest absolute Gasteiger partial charge is 0.244 e. The van der Waals surface area contributed by atoms with Gasteiger partial charge in [0, 0.05) is 25.9 Å². The minimum Gasteiger partial charge on any atom is -0.399 e. The molecular weight excluding hydrogens is 288 g/mol. The quantitative estimate of drug-likeness (QED) is 0.615. The van der Waals surface area contributed by atoms with Gasteiger partial charge in [-0.3, -0.25) is 0 Å². The van der Waals surface area contributed by atoms with Crippen LogP contribution in [0.25, 0.3) is 0 Å². The molecule has 1 rings (SSSR count). The minimum absolute atomic E-state index is 0.00730. The first-order valence-corrected chi connectivity index (χ1v) is 7.40. The summed E-state index contributed by atoms with van der Waals surface area (Å²) in [5.41, 5.74) is 5.95. The molecule has 0 aromatic heterocycles. The van der Waals surface area contributed by atoms with Gasteiger partial charge in [0.2, 0.25) is 10.0 Å². The summed E-state index contributed by atoms with van der Waals surface area (Å²) in [6.45, 7) is 4.23. The highest BCUT2D eigenvalue weighted by Crippen LogP contribution is 2.26. The lowest BCUT2D eigenvalue weighted by Gasteiger charge is -2.21. The van der Waals surface area contributed by atoms with E-state index >= 15 is 0 Å². The number of nitrogen functional groups attached to an aromatic ring is 1. The molecule has 2 N–H and O–H groups in total. The summed E-state index contributed by atoms with van der Waals surface area (Å²) in [4.78, 5) is -0.00730. The summed E-state index contributed by atoms with van der Waals surface area (Å²) in [5, 5.41) is 0.140. The van der Waals surface area contributed by atoms with Crippen LogP contribution in [0.4, 0.5) is 5.69 Å². The second kappa shape index (κ2) is 6.91. The molecule has 0 aliphatic rings. The zero-order chi connectivity index (χ0) is 14.5. The van der Waals surface area contributed by atoms with Crippen molar-refractivity contribution in [3.63, 3.8) is 0 Å². The van der Waals surface area contributed by atoms with E-state index in [4.69, 9.17) is 22.1 Å². The van der Waals surface area contributed by atoms with Gasteiger partial charge in [-0.05, 0) is 18.2 Å². The summed E-state index contributed by atoms with van der Waals surface area (Å²) in [5.74, 6) is 0. The molecule has 0 saturated carbocycles. The van der Waals surface area contributed by atoms with Crippen molar-refractivity contribution in [3.8, 4) is 0 Å². The lowest BCUT2D eigenvalue weighted by molar-refractivity contribution is 0.182. The lowest BCUT2D eigenvalue weighted by Crippen LogP contribution is -2.34. The van der Waals surface area contributed by atoms with Crippen LogP contribution in [0, 0.1) is 0 Å². The number of rotatable bonds is 7. The molecule has 0 aliphatic heterocycles. The van der Waals surface area contributed by atoms with Crippen molar-refractivity contribution in [3.05, 3.63) is 35.9 Å². The van der Waals surface area contributed by atoms with E-state index in [2.05, 4.69) is 6.58 Å².